The van der Waals surface area contributed by atoms with Gasteiger partial charge in [-0.1, -0.05) is 16.8 Å². The number of halogens is 1. The fraction of sp³-hybridized carbons (Fsp3) is 0.214. The summed E-state index contributed by atoms with van der Waals surface area (Å²) in [4.78, 5) is 12.2. The summed E-state index contributed by atoms with van der Waals surface area (Å²) in [7, 11) is 0. The molecule has 1 amide bonds. The molecule has 1 aliphatic carbocycles. The molecule has 0 unspecified atom stereocenters. The molecule has 2 heterocycles. The third kappa shape index (κ3) is 2.27. The molecule has 6 nitrogen and oxygen atoms in total. The van der Waals surface area contributed by atoms with Gasteiger partial charge in [-0.2, -0.15) is 5.10 Å². The Hall–Kier alpha value is -2.34. The lowest BCUT2D eigenvalue weighted by molar-refractivity contribution is 0.101. The van der Waals surface area contributed by atoms with Gasteiger partial charge in [0.2, 0.25) is 0 Å². The fourth-order valence-electron chi connectivity index (χ4n) is 2.20. The first-order valence-corrected chi connectivity index (χ1v) is 6.99. The molecular weight excluding hydrogens is 292 g/mol. The average molecular weight is 303 g/mol. The van der Waals surface area contributed by atoms with Crippen molar-refractivity contribution in [2.75, 3.05) is 5.32 Å². The van der Waals surface area contributed by atoms with E-state index in [-0.39, 0.29) is 11.6 Å². The molecule has 1 saturated carbocycles. The molecule has 4 rings (SSSR count). The number of fused-ring (bicyclic) bond motifs is 1. The molecule has 2 N–H and O–H groups in total. The van der Waals surface area contributed by atoms with Crippen molar-refractivity contribution in [2.45, 2.75) is 18.8 Å². The Bertz CT molecular complexity index is 834. The Morgan fingerprint density at radius 3 is 3.05 bits per heavy atom. The second-order valence-corrected chi connectivity index (χ2v) is 5.53. The summed E-state index contributed by atoms with van der Waals surface area (Å²) in [5, 5.41) is 14.6. The molecule has 7 heteroatoms. The maximum atomic E-state index is 12.2. The van der Waals surface area contributed by atoms with Crippen LogP contribution in [0.25, 0.3) is 10.9 Å². The lowest BCUT2D eigenvalue weighted by Crippen LogP contribution is -2.12. The first kappa shape index (κ1) is 12.4. The molecule has 106 valence electrons. The predicted molar refractivity (Wildman–Crippen MR) is 77.5 cm³/mol. The highest BCUT2D eigenvalue weighted by Crippen LogP contribution is 2.40. The number of anilines is 1. The van der Waals surface area contributed by atoms with Crippen molar-refractivity contribution in [3.8, 4) is 0 Å². The van der Waals surface area contributed by atoms with E-state index in [1.165, 1.54) is 0 Å². The number of hydrogen-bond acceptors (Lipinski definition) is 4. The lowest BCUT2D eigenvalue weighted by atomic mass is 10.2. The number of hydrogen-bond donors (Lipinski definition) is 2. The van der Waals surface area contributed by atoms with Crippen molar-refractivity contribution in [1.29, 1.82) is 0 Å². The summed E-state index contributed by atoms with van der Waals surface area (Å²) in [5.41, 5.74) is 1.53. The Morgan fingerprint density at radius 2 is 2.24 bits per heavy atom. The van der Waals surface area contributed by atoms with Gasteiger partial charge < -0.3 is 9.84 Å². The molecule has 21 heavy (non-hydrogen) atoms. The van der Waals surface area contributed by atoms with E-state index >= 15 is 0 Å². The highest BCUT2D eigenvalue weighted by molar-refractivity contribution is 6.34. The molecule has 1 aliphatic rings. The van der Waals surface area contributed by atoms with E-state index in [2.05, 4.69) is 20.7 Å². The minimum absolute atomic E-state index is 0.264. The Labute approximate surface area is 124 Å². The van der Waals surface area contributed by atoms with Crippen LogP contribution in [0, 0.1) is 0 Å². The summed E-state index contributed by atoms with van der Waals surface area (Å²) >= 11 is 6.14. The number of rotatable bonds is 3. The lowest BCUT2D eigenvalue weighted by Gasteiger charge is -2.05. The van der Waals surface area contributed by atoms with E-state index in [1.54, 1.807) is 24.4 Å². The number of nitrogens with zero attached hydrogens (tertiary/aromatic N) is 2. The van der Waals surface area contributed by atoms with Crippen LogP contribution >= 0.6 is 11.6 Å². The van der Waals surface area contributed by atoms with Crippen LogP contribution in [-0.4, -0.2) is 21.3 Å². The fourth-order valence-corrected chi connectivity index (χ4v) is 2.41. The molecule has 0 spiro atoms. The zero-order chi connectivity index (χ0) is 14.4. The molecule has 1 aromatic carbocycles. The minimum Gasteiger partial charge on any atom is -0.360 e. The molecule has 0 bridgehead atoms. The predicted octanol–water partition coefficient (Wildman–Crippen LogP) is 3.33. The monoisotopic (exact) mass is 302 g/mol. The zero-order valence-corrected chi connectivity index (χ0v) is 11.6. The van der Waals surface area contributed by atoms with Gasteiger partial charge in [0, 0.05) is 23.6 Å². The quantitative estimate of drug-likeness (QED) is 0.777. The van der Waals surface area contributed by atoms with Crippen molar-refractivity contribution in [2.24, 2.45) is 0 Å². The number of benzene rings is 1. The summed E-state index contributed by atoms with van der Waals surface area (Å²) in [5.74, 6) is 0.858. The van der Waals surface area contributed by atoms with Gasteiger partial charge in [0.1, 0.15) is 5.76 Å². The molecule has 0 atom stereocenters. The zero-order valence-electron chi connectivity index (χ0n) is 10.9. The average Bonchev–Trinajstić information content (AvgIpc) is 3.02. The van der Waals surface area contributed by atoms with Crippen molar-refractivity contribution < 1.29 is 9.32 Å². The van der Waals surface area contributed by atoms with Gasteiger partial charge in [0.25, 0.3) is 5.91 Å². The van der Waals surface area contributed by atoms with Crippen molar-refractivity contribution >= 4 is 34.1 Å². The molecule has 1 fully saturated rings. The third-order valence-electron chi connectivity index (χ3n) is 3.51. The van der Waals surface area contributed by atoms with Gasteiger partial charge in [0.05, 0.1) is 16.2 Å². The van der Waals surface area contributed by atoms with Crippen molar-refractivity contribution in [1.82, 2.24) is 15.4 Å². The van der Waals surface area contributed by atoms with Crippen LogP contribution in [0.2, 0.25) is 5.02 Å². The van der Waals surface area contributed by atoms with Crippen LogP contribution < -0.4 is 5.32 Å². The summed E-state index contributed by atoms with van der Waals surface area (Å²) in [6.45, 7) is 0. The minimum atomic E-state index is -0.338. The van der Waals surface area contributed by atoms with Gasteiger partial charge >= 0.3 is 0 Å². The van der Waals surface area contributed by atoms with Crippen LogP contribution in [-0.2, 0) is 0 Å². The van der Waals surface area contributed by atoms with Crippen LogP contribution in [0.5, 0.6) is 0 Å². The number of carbonyl (C=O) groups excluding carboxylic acids is 1. The number of amides is 1. The van der Waals surface area contributed by atoms with Gasteiger partial charge in [-0.05, 0) is 25.0 Å². The second-order valence-electron chi connectivity index (χ2n) is 5.12. The van der Waals surface area contributed by atoms with E-state index in [4.69, 9.17) is 16.1 Å². The maximum Gasteiger partial charge on any atom is 0.277 e. The summed E-state index contributed by atoms with van der Waals surface area (Å²) < 4.78 is 5.18. The van der Waals surface area contributed by atoms with E-state index in [9.17, 15) is 4.79 Å². The smallest absolute Gasteiger partial charge is 0.277 e. The van der Waals surface area contributed by atoms with E-state index in [0.717, 1.165) is 29.5 Å². The van der Waals surface area contributed by atoms with Gasteiger partial charge in [-0.15, -0.1) is 0 Å². The maximum absolute atomic E-state index is 12.2. The Kier molecular flexibility index (Phi) is 2.71. The van der Waals surface area contributed by atoms with Gasteiger partial charge in [-0.3, -0.25) is 9.89 Å². The standard InChI is InChI=1S/C14H11ClN4O2/c15-9-4-10-8(6-16-18-10)3-11(9)17-14(20)12-5-13(21-19-12)7-1-2-7/h3-7H,1-2H2,(H,16,18)(H,17,20). The second kappa shape index (κ2) is 4.60. The Balaban J connectivity index is 1.60. The highest BCUT2D eigenvalue weighted by atomic mass is 35.5. The molecule has 0 saturated heterocycles. The van der Waals surface area contributed by atoms with Gasteiger partial charge in [0.15, 0.2) is 5.69 Å². The van der Waals surface area contributed by atoms with Crippen LogP contribution in [0.15, 0.2) is 28.9 Å². The van der Waals surface area contributed by atoms with E-state index in [0.29, 0.717) is 16.6 Å². The topological polar surface area (TPSA) is 83.8 Å². The number of aromatic amines is 1. The molecule has 3 aromatic rings. The molecule has 0 radical (unpaired) electrons. The molecule has 0 aliphatic heterocycles. The number of carbonyl (C=O) groups is 1. The SMILES string of the molecule is O=C(Nc1cc2c[nH]nc2cc1Cl)c1cc(C2CC2)on1. The number of aromatic nitrogens is 3. The van der Waals surface area contributed by atoms with E-state index < -0.39 is 0 Å². The normalized spacial score (nSPS) is 14.5. The van der Waals surface area contributed by atoms with Crippen molar-refractivity contribution in [3.05, 3.63) is 40.9 Å². The first-order valence-electron chi connectivity index (χ1n) is 6.62. The van der Waals surface area contributed by atoms with Crippen molar-refractivity contribution in [3.63, 3.8) is 0 Å². The summed E-state index contributed by atoms with van der Waals surface area (Å²) in [6.07, 6.45) is 3.93. The first-order chi connectivity index (χ1) is 10.2. The van der Waals surface area contributed by atoms with Crippen LogP contribution in [0.1, 0.15) is 35.0 Å². The van der Waals surface area contributed by atoms with Gasteiger partial charge in [-0.25, -0.2) is 0 Å². The number of nitrogens with one attached hydrogen (secondary N) is 2. The van der Waals surface area contributed by atoms with E-state index in [1.807, 2.05) is 0 Å². The van der Waals surface area contributed by atoms with Crippen LogP contribution in [0.3, 0.4) is 0 Å². The van der Waals surface area contributed by atoms with Crippen LogP contribution in [0.4, 0.5) is 5.69 Å². The highest BCUT2D eigenvalue weighted by Gasteiger charge is 2.29. The summed E-state index contributed by atoms with van der Waals surface area (Å²) in [6, 6.07) is 5.15. The molecule has 2 aromatic heterocycles. The largest absolute Gasteiger partial charge is 0.360 e. The number of H-pyrrole nitrogens is 1. The Morgan fingerprint density at radius 1 is 1.38 bits per heavy atom. The third-order valence-corrected chi connectivity index (χ3v) is 3.82. The molecular formula is C14H11ClN4O2.